The Morgan fingerprint density at radius 1 is 0.505 bits per heavy atom. The number of benzene rings is 6. The second-order valence-electron chi connectivity index (χ2n) is 27.9. The number of carbonyl (C=O) groups is 4. The summed E-state index contributed by atoms with van der Waals surface area (Å²) in [5.41, 5.74) is 18.6. The quantitative estimate of drug-likeness (QED) is 0.0585. The highest BCUT2D eigenvalue weighted by Gasteiger charge is 2.40. The van der Waals surface area contributed by atoms with Gasteiger partial charge in [0.15, 0.2) is 0 Å². The number of carbonyl (C=O) groups excluding carboxylic acids is 3. The van der Waals surface area contributed by atoms with Crippen LogP contribution in [0.4, 0.5) is 13.2 Å². The summed E-state index contributed by atoms with van der Waals surface area (Å²) in [6.45, 7) is 25.1. The van der Waals surface area contributed by atoms with E-state index in [0.29, 0.717) is 6.04 Å². The molecule has 0 unspecified atom stereocenters. The molecule has 0 aliphatic carbocycles. The fourth-order valence-electron chi connectivity index (χ4n) is 11.9. The van der Waals surface area contributed by atoms with Gasteiger partial charge in [-0.3, -0.25) is 14.4 Å². The number of hydrogen-bond donors (Lipinski definition) is 2. The second kappa shape index (κ2) is 38.9. The Bertz CT molecular complexity index is 3880. The Morgan fingerprint density at radius 2 is 0.859 bits per heavy atom. The van der Waals surface area contributed by atoms with Crippen LogP contribution in [0.3, 0.4) is 0 Å². The van der Waals surface area contributed by atoms with Gasteiger partial charge in [0, 0.05) is 24.0 Å². The van der Waals surface area contributed by atoms with Gasteiger partial charge >= 0.3 is 5.97 Å². The Hall–Kier alpha value is -8.27. The van der Waals surface area contributed by atoms with Crippen molar-refractivity contribution in [3.05, 3.63) is 195 Å². The second-order valence-corrected chi connectivity index (χ2v) is 42.5. The van der Waals surface area contributed by atoms with Gasteiger partial charge in [-0.1, -0.05) is 173 Å². The van der Waals surface area contributed by atoms with Crippen LogP contribution in [0.25, 0.3) is 0 Å². The van der Waals surface area contributed by atoms with Crippen LogP contribution < -0.4 is 19.5 Å². The molecule has 0 bridgehead atoms. The van der Waals surface area contributed by atoms with Crippen LogP contribution >= 0.6 is 11.6 Å². The molecule has 99 heavy (non-hydrogen) atoms. The van der Waals surface area contributed by atoms with Gasteiger partial charge in [0.1, 0.15) is 58.9 Å². The summed E-state index contributed by atoms with van der Waals surface area (Å²) in [6, 6.07) is 37.8. The SMILES string of the molecule is C#CC(=O)N1[C@@H](CCCC)Cc2cc(OC)ccc2[C@@H]1c1ccc(F)cc1.CCCC[C@H]1Cc2cc(OC)ccc2[C@H](c2ccc(F)cc2)N1.CCCC[C@H]1Cc2cc(OC)ccc2[C@H](c2ccc(F)cc2)N1C(=O)C#C[Si](C)(C)C.C[Si](C)(C)C#CC(=O)Cl.C[Si](C)(C)C#CC(=O)O. The lowest BCUT2D eigenvalue weighted by Gasteiger charge is -2.43. The zero-order valence-electron chi connectivity index (χ0n) is 60.4. The third-order valence-corrected chi connectivity index (χ3v) is 19.3. The molecule has 0 spiro atoms. The van der Waals surface area contributed by atoms with E-state index < -0.39 is 35.4 Å². The minimum atomic E-state index is -1.70. The van der Waals surface area contributed by atoms with Crippen LogP contribution in [-0.4, -0.2) is 102 Å². The number of terminal acetylenes is 1. The standard InChI is InChI=1S/C26H32FNO2Si.C23H24FNO2.C20H24FNO.C6H9ClOSi.C6H10O2Si/c1-6-7-8-22-17-20-18-23(30-2)13-14-24(20)26(19-9-11-21(27)12-10-19)28(22)25(29)15-16-31(3,4)5;1-4-6-7-19-14-17-15-20(27-3)12-13-21(17)23(25(19)22(26)5-2)16-8-10-18(24)11-9-16;1-3-4-5-17-12-15-13-18(23-2)10-11-19(15)20(22-17)14-6-8-16(21)9-7-14;2*1-9(2,3)5-4-6(7)8/h9-14,18,22,26H,6-8,17H2,1-5H3;2,8-13,15,19,23H,4,6-7,14H2,1,3H3;6-11,13,17,20,22H,3-5,12H2,1-2H3;1-3H3;1-3H3,(H,7,8)/t22-,26-;19-,23-;17-,20-;;/m000../s1. The number of halogens is 4. The van der Waals surface area contributed by atoms with Crippen LogP contribution in [-0.2, 0) is 38.4 Å². The van der Waals surface area contributed by atoms with Crippen molar-refractivity contribution in [3.8, 4) is 64.0 Å². The summed E-state index contributed by atoms with van der Waals surface area (Å²) in [4.78, 5) is 49.9. The zero-order chi connectivity index (χ0) is 73.2. The Morgan fingerprint density at radius 3 is 1.20 bits per heavy atom. The summed E-state index contributed by atoms with van der Waals surface area (Å²) in [6.07, 6.45) is 17.5. The van der Waals surface area contributed by atoms with Gasteiger partial charge in [0.25, 0.3) is 17.1 Å². The number of unbranched alkanes of at least 4 members (excludes halogenated alkanes) is 3. The van der Waals surface area contributed by atoms with Crippen LogP contribution in [0.15, 0.2) is 127 Å². The van der Waals surface area contributed by atoms with Gasteiger partial charge in [0.05, 0.1) is 39.5 Å². The van der Waals surface area contributed by atoms with E-state index >= 15 is 0 Å². The number of nitrogens with zero attached hydrogens (tertiary/aromatic N) is 2. The van der Waals surface area contributed by atoms with Crippen molar-refractivity contribution in [1.29, 1.82) is 0 Å². The lowest BCUT2D eigenvalue weighted by atomic mass is 9.83. The maximum atomic E-state index is 13.7. The number of aliphatic carboxylic acids is 1. The van der Waals surface area contributed by atoms with Gasteiger partial charge in [-0.2, -0.15) is 0 Å². The monoisotopic (exact) mass is 1420 g/mol. The molecule has 0 fully saturated rings. The highest BCUT2D eigenvalue weighted by Crippen LogP contribution is 2.43. The summed E-state index contributed by atoms with van der Waals surface area (Å²) in [5.74, 6) is 9.92. The number of methoxy groups -OCH3 is 3. The Kier molecular flexibility index (Phi) is 32.0. The number of amides is 2. The van der Waals surface area contributed by atoms with E-state index in [1.807, 2.05) is 73.1 Å². The average Bonchev–Trinajstić information content (AvgIpc) is 0.769. The Balaban J connectivity index is 0.000000239. The molecule has 0 radical (unpaired) electrons. The van der Waals surface area contributed by atoms with Gasteiger partial charge in [-0.05, 0) is 191 Å². The highest BCUT2D eigenvalue weighted by molar-refractivity contribution is 6.85. The highest BCUT2D eigenvalue weighted by atomic mass is 35.5. The van der Waals surface area contributed by atoms with Gasteiger partial charge < -0.3 is 34.4 Å². The van der Waals surface area contributed by atoms with Crippen molar-refractivity contribution in [1.82, 2.24) is 15.1 Å². The molecular formula is C81H99ClF3N3O8Si3. The van der Waals surface area contributed by atoms with Crippen molar-refractivity contribution < 1.29 is 51.7 Å². The number of ether oxygens (including phenoxy) is 3. The molecule has 3 aliphatic heterocycles. The number of rotatable bonds is 15. The molecule has 9 rings (SSSR count). The summed E-state index contributed by atoms with van der Waals surface area (Å²) in [7, 11) is 0.465. The molecule has 2 amide bonds. The lowest BCUT2D eigenvalue weighted by molar-refractivity contribution is -0.131. The minimum Gasteiger partial charge on any atom is -0.497 e. The van der Waals surface area contributed by atoms with E-state index in [-0.39, 0.29) is 59.5 Å². The van der Waals surface area contributed by atoms with E-state index in [1.54, 1.807) is 50.5 Å². The molecule has 11 nitrogen and oxygen atoms in total. The van der Waals surface area contributed by atoms with Crippen LogP contribution in [0.5, 0.6) is 17.2 Å². The normalized spacial score (nSPS) is 17.2. The maximum absolute atomic E-state index is 13.7. The summed E-state index contributed by atoms with van der Waals surface area (Å²) in [5, 5.41) is 11.3. The molecule has 3 heterocycles. The number of fused-ring (bicyclic) bond motifs is 3. The van der Waals surface area contributed by atoms with E-state index in [0.717, 1.165) is 115 Å². The zero-order valence-corrected chi connectivity index (χ0v) is 64.1. The van der Waals surface area contributed by atoms with E-state index in [2.05, 4.69) is 124 Å². The number of carboxylic acid groups (broad SMARTS) is 1. The molecule has 6 atom stereocenters. The van der Waals surface area contributed by atoms with Crippen molar-refractivity contribution in [3.63, 3.8) is 0 Å². The number of hydrogen-bond acceptors (Lipinski definition) is 8. The minimum absolute atomic E-state index is 0.00293. The predicted octanol–water partition coefficient (Wildman–Crippen LogP) is 17.5. The van der Waals surface area contributed by atoms with Crippen molar-refractivity contribution >= 4 is 58.8 Å². The predicted molar refractivity (Wildman–Crippen MR) is 402 cm³/mol. The van der Waals surface area contributed by atoms with Crippen molar-refractivity contribution in [2.24, 2.45) is 0 Å². The third-order valence-electron chi connectivity index (χ3n) is 16.6. The Labute approximate surface area is 595 Å². The molecule has 0 saturated heterocycles. The first kappa shape index (κ1) is 81.4. The van der Waals surface area contributed by atoms with E-state index in [1.165, 1.54) is 65.9 Å². The topological polar surface area (TPSA) is 135 Å². The van der Waals surface area contributed by atoms with Crippen LogP contribution in [0, 0.1) is 64.2 Å². The molecule has 3 aliphatic rings. The first-order chi connectivity index (χ1) is 46.9. The number of nitrogens with one attached hydrogen (secondary N) is 1. The van der Waals surface area contributed by atoms with Gasteiger partial charge in [0.2, 0.25) is 0 Å². The van der Waals surface area contributed by atoms with Gasteiger partial charge in [-0.15, -0.1) is 23.1 Å². The fraction of sp³-hybridized carbons (Fsp3) is 0.407. The molecule has 0 saturated carbocycles. The summed E-state index contributed by atoms with van der Waals surface area (Å²) < 4.78 is 56.6. The molecule has 526 valence electrons. The lowest BCUT2D eigenvalue weighted by Crippen LogP contribution is -2.47. The third kappa shape index (κ3) is 26.1. The van der Waals surface area contributed by atoms with Crippen molar-refractivity contribution in [2.75, 3.05) is 21.3 Å². The van der Waals surface area contributed by atoms with E-state index in [9.17, 15) is 32.3 Å². The smallest absolute Gasteiger partial charge is 0.381 e. The largest absolute Gasteiger partial charge is 0.497 e. The molecule has 0 aromatic heterocycles. The van der Waals surface area contributed by atoms with E-state index in [4.69, 9.17) is 37.3 Å². The molecule has 6 aromatic carbocycles. The molecular weight excluding hydrogens is 1320 g/mol. The van der Waals surface area contributed by atoms with Crippen LogP contribution in [0.1, 0.15) is 147 Å². The molecule has 6 aromatic rings. The first-order valence-corrected chi connectivity index (χ1v) is 44.9. The van der Waals surface area contributed by atoms with Crippen LogP contribution in [0.2, 0.25) is 58.9 Å². The number of carboxylic acids is 1. The fourth-order valence-corrected chi connectivity index (χ4v) is 13.5. The maximum Gasteiger partial charge on any atom is 0.381 e. The van der Waals surface area contributed by atoms with Crippen molar-refractivity contribution in [2.45, 2.75) is 193 Å². The molecule has 18 heteroatoms. The summed E-state index contributed by atoms with van der Waals surface area (Å²) >= 11 is 4.99. The first-order valence-electron chi connectivity index (χ1n) is 34.0. The van der Waals surface area contributed by atoms with Gasteiger partial charge in [-0.25, -0.2) is 18.0 Å². The molecule has 2 N–H and O–H groups in total. The average molecular weight is 1420 g/mol.